The molecule has 0 spiro atoms. The van der Waals surface area contributed by atoms with Gasteiger partial charge in [0.1, 0.15) is 12.4 Å². The molecule has 0 bridgehead atoms. The number of carbonyl (C=O) groups excluding carboxylic acids is 1. The van der Waals surface area contributed by atoms with Crippen molar-refractivity contribution in [3.8, 4) is 5.75 Å². The first-order valence-corrected chi connectivity index (χ1v) is 7.86. The van der Waals surface area contributed by atoms with Crippen LogP contribution in [0.2, 0.25) is 0 Å². The van der Waals surface area contributed by atoms with Gasteiger partial charge in [-0.25, -0.2) is 0 Å². The fourth-order valence-electron chi connectivity index (χ4n) is 2.10. The summed E-state index contributed by atoms with van der Waals surface area (Å²) >= 11 is 0. The Hall–Kier alpha value is -3.15. The van der Waals surface area contributed by atoms with Crippen molar-refractivity contribution in [1.29, 1.82) is 0 Å². The molecule has 0 fully saturated rings. The third kappa shape index (κ3) is 6.10. The predicted molar refractivity (Wildman–Crippen MR) is 96.4 cm³/mol. The van der Waals surface area contributed by atoms with E-state index in [0.717, 1.165) is 11.3 Å². The quantitative estimate of drug-likeness (QED) is 0.475. The first-order valence-electron chi connectivity index (χ1n) is 7.86. The molecule has 2 rings (SSSR count). The van der Waals surface area contributed by atoms with E-state index < -0.39 is 4.92 Å². The Balaban J connectivity index is 1.83. The fourth-order valence-corrected chi connectivity index (χ4v) is 2.10. The molecule has 2 aromatic carbocycles. The van der Waals surface area contributed by atoms with Crippen molar-refractivity contribution in [3.05, 3.63) is 75.8 Å². The molecule has 2 aromatic rings. The second-order valence-corrected chi connectivity index (χ2v) is 5.72. The van der Waals surface area contributed by atoms with Gasteiger partial charge in [-0.05, 0) is 37.6 Å². The Morgan fingerprint density at radius 1 is 1.28 bits per heavy atom. The zero-order valence-corrected chi connectivity index (χ0v) is 14.1. The summed E-state index contributed by atoms with van der Waals surface area (Å²) in [6.45, 7) is 4.19. The van der Waals surface area contributed by atoms with Gasteiger partial charge >= 0.3 is 0 Å². The first kappa shape index (κ1) is 18.2. The summed E-state index contributed by atoms with van der Waals surface area (Å²) in [6, 6.07) is 13.6. The fraction of sp³-hybridized carbons (Fsp3) is 0.211. The molecule has 0 saturated carbocycles. The number of rotatable bonds is 7. The second-order valence-electron chi connectivity index (χ2n) is 5.72. The van der Waals surface area contributed by atoms with Gasteiger partial charge in [0.15, 0.2) is 0 Å². The number of non-ortho nitro benzene ring substituents is 1. The molecule has 1 atom stereocenters. The highest BCUT2D eigenvalue weighted by molar-refractivity contribution is 5.91. The largest absolute Gasteiger partial charge is 0.491 e. The summed E-state index contributed by atoms with van der Waals surface area (Å²) in [7, 11) is 0. The van der Waals surface area contributed by atoms with Crippen LogP contribution in [0.25, 0.3) is 6.08 Å². The maximum Gasteiger partial charge on any atom is 0.270 e. The van der Waals surface area contributed by atoms with E-state index in [1.807, 2.05) is 38.1 Å². The Morgan fingerprint density at radius 2 is 2.00 bits per heavy atom. The van der Waals surface area contributed by atoms with Crippen molar-refractivity contribution < 1.29 is 14.5 Å². The van der Waals surface area contributed by atoms with E-state index >= 15 is 0 Å². The molecule has 0 radical (unpaired) electrons. The van der Waals surface area contributed by atoms with Gasteiger partial charge in [0, 0.05) is 18.2 Å². The molecule has 0 saturated heterocycles. The number of hydrogen-bond acceptors (Lipinski definition) is 4. The average Bonchev–Trinajstić information content (AvgIpc) is 2.60. The molecule has 6 heteroatoms. The van der Waals surface area contributed by atoms with Gasteiger partial charge in [-0.2, -0.15) is 0 Å². The summed E-state index contributed by atoms with van der Waals surface area (Å²) in [5.74, 6) is 0.463. The minimum atomic E-state index is -0.470. The Labute approximate surface area is 146 Å². The second kappa shape index (κ2) is 8.63. The summed E-state index contributed by atoms with van der Waals surface area (Å²) in [5.41, 5.74) is 1.73. The summed E-state index contributed by atoms with van der Waals surface area (Å²) in [6.07, 6.45) is 2.89. The Bertz CT molecular complexity index is 769. The third-order valence-corrected chi connectivity index (χ3v) is 3.42. The van der Waals surface area contributed by atoms with Crippen LogP contribution in [-0.4, -0.2) is 23.5 Å². The molecule has 0 aliphatic heterocycles. The highest BCUT2D eigenvalue weighted by atomic mass is 16.6. The van der Waals surface area contributed by atoms with E-state index in [0.29, 0.717) is 12.2 Å². The average molecular weight is 340 g/mol. The number of ether oxygens (including phenoxy) is 1. The molecule has 0 heterocycles. The lowest BCUT2D eigenvalue weighted by Gasteiger charge is -2.14. The number of nitro benzene ring substituents is 1. The van der Waals surface area contributed by atoms with E-state index in [2.05, 4.69) is 5.32 Å². The zero-order valence-electron chi connectivity index (χ0n) is 14.1. The molecule has 6 nitrogen and oxygen atoms in total. The lowest BCUT2D eigenvalue weighted by Crippen LogP contribution is -2.35. The van der Waals surface area contributed by atoms with Crippen LogP contribution in [0.3, 0.4) is 0 Å². The number of hydrogen-bond donors (Lipinski definition) is 1. The first-order chi connectivity index (χ1) is 11.9. The highest BCUT2D eigenvalue weighted by Gasteiger charge is 2.07. The number of carbonyl (C=O) groups is 1. The van der Waals surface area contributed by atoms with E-state index in [9.17, 15) is 14.9 Å². The van der Waals surface area contributed by atoms with Crippen LogP contribution < -0.4 is 10.1 Å². The van der Waals surface area contributed by atoms with Crippen LogP contribution in [0.4, 0.5) is 5.69 Å². The maximum absolute atomic E-state index is 11.9. The molecule has 0 aliphatic rings. The molecule has 1 amide bonds. The third-order valence-electron chi connectivity index (χ3n) is 3.42. The lowest BCUT2D eigenvalue weighted by molar-refractivity contribution is -0.384. The lowest BCUT2D eigenvalue weighted by atomic mass is 10.2. The number of nitro groups is 1. The van der Waals surface area contributed by atoms with Crippen LogP contribution in [0.5, 0.6) is 5.75 Å². The zero-order chi connectivity index (χ0) is 18.2. The molecular formula is C19H20N2O4. The van der Waals surface area contributed by atoms with Gasteiger partial charge in [0.2, 0.25) is 5.91 Å². The van der Waals surface area contributed by atoms with E-state index in [4.69, 9.17) is 4.74 Å². The SMILES string of the molecule is Cc1ccc(OC[C@@H](C)NC(=O)/C=C/c2cccc([N+](=O)[O-])c2)cc1. The topological polar surface area (TPSA) is 81.5 Å². The molecule has 25 heavy (non-hydrogen) atoms. The van der Waals surface area contributed by atoms with Crippen molar-refractivity contribution in [2.75, 3.05) is 6.61 Å². The van der Waals surface area contributed by atoms with Crippen molar-refractivity contribution in [2.45, 2.75) is 19.9 Å². The van der Waals surface area contributed by atoms with Crippen LogP contribution in [-0.2, 0) is 4.79 Å². The maximum atomic E-state index is 11.9. The monoisotopic (exact) mass is 340 g/mol. The van der Waals surface area contributed by atoms with Gasteiger partial charge in [0.05, 0.1) is 11.0 Å². The van der Waals surface area contributed by atoms with Crippen LogP contribution in [0.1, 0.15) is 18.1 Å². The number of amides is 1. The Kier molecular flexibility index (Phi) is 6.28. The van der Waals surface area contributed by atoms with E-state index in [1.165, 1.54) is 24.3 Å². The molecule has 0 aromatic heterocycles. The standard InChI is InChI=1S/C19H20N2O4/c1-14-6-9-18(10-7-14)25-13-15(2)20-19(22)11-8-16-4-3-5-17(12-16)21(23)24/h3-12,15H,13H2,1-2H3,(H,20,22)/b11-8+/t15-/m1/s1. The minimum absolute atomic E-state index is 0.0116. The number of benzene rings is 2. The molecule has 130 valence electrons. The van der Waals surface area contributed by atoms with Crippen molar-refractivity contribution in [1.82, 2.24) is 5.32 Å². The normalized spacial score (nSPS) is 11.9. The smallest absolute Gasteiger partial charge is 0.270 e. The molecule has 1 N–H and O–H groups in total. The van der Waals surface area contributed by atoms with Crippen molar-refractivity contribution in [2.24, 2.45) is 0 Å². The van der Waals surface area contributed by atoms with Gasteiger partial charge in [-0.3, -0.25) is 14.9 Å². The van der Waals surface area contributed by atoms with Crippen molar-refractivity contribution in [3.63, 3.8) is 0 Å². The van der Waals surface area contributed by atoms with E-state index in [1.54, 1.807) is 12.1 Å². The predicted octanol–water partition coefficient (Wildman–Crippen LogP) is 3.50. The molecule has 0 unspecified atom stereocenters. The van der Waals surface area contributed by atoms with Gasteiger partial charge in [-0.15, -0.1) is 0 Å². The van der Waals surface area contributed by atoms with Gasteiger partial charge in [0.25, 0.3) is 5.69 Å². The molecular weight excluding hydrogens is 320 g/mol. The van der Waals surface area contributed by atoms with Crippen molar-refractivity contribution >= 4 is 17.7 Å². The van der Waals surface area contributed by atoms with Gasteiger partial charge in [-0.1, -0.05) is 29.8 Å². The highest BCUT2D eigenvalue weighted by Crippen LogP contribution is 2.14. The number of nitrogens with zero attached hydrogens (tertiary/aromatic N) is 1. The summed E-state index contributed by atoms with van der Waals surface area (Å²) in [5, 5.41) is 13.5. The van der Waals surface area contributed by atoms with Crippen LogP contribution in [0.15, 0.2) is 54.6 Å². The van der Waals surface area contributed by atoms with Gasteiger partial charge < -0.3 is 10.1 Å². The van der Waals surface area contributed by atoms with E-state index in [-0.39, 0.29) is 17.6 Å². The van der Waals surface area contributed by atoms with Crippen LogP contribution in [0, 0.1) is 17.0 Å². The summed E-state index contributed by atoms with van der Waals surface area (Å²) in [4.78, 5) is 22.2. The number of aryl methyl sites for hydroxylation is 1. The molecule has 0 aliphatic carbocycles. The Morgan fingerprint density at radius 3 is 2.68 bits per heavy atom. The van der Waals surface area contributed by atoms with Crippen LogP contribution >= 0.6 is 0 Å². The minimum Gasteiger partial charge on any atom is -0.491 e. The number of nitrogens with one attached hydrogen (secondary N) is 1. The summed E-state index contributed by atoms with van der Waals surface area (Å²) < 4.78 is 5.61.